The minimum atomic E-state index is -1.06. The van der Waals surface area contributed by atoms with Gasteiger partial charge in [-0.1, -0.05) is 23.4 Å². The summed E-state index contributed by atoms with van der Waals surface area (Å²) in [6, 6.07) is 7.13. The predicted molar refractivity (Wildman–Crippen MR) is 64.8 cm³/mol. The summed E-state index contributed by atoms with van der Waals surface area (Å²) in [7, 11) is 0. The Balaban J connectivity index is 2.11. The number of para-hydroxylation sites is 1. The molecule has 0 spiro atoms. The molecule has 2 aromatic heterocycles. The zero-order valence-corrected chi connectivity index (χ0v) is 10.1. The van der Waals surface area contributed by atoms with Crippen molar-refractivity contribution in [3.63, 3.8) is 0 Å². The molecule has 2 heterocycles. The third kappa shape index (κ3) is 1.95. The molecule has 1 aromatic carbocycles. The van der Waals surface area contributed by atoms with E-state index in [0.29, 0.717) is 17.1 Å². The van der Waals surface area contributed by atoms with Crippen molar-refractivity contribution < 1.29 is 14.4 Å². The van der Waals surface area contributed by atoms with E-state index in [0.717, 1.165) is 5.52 Å². The monoisotopic (exact) mass is 258 g/mol. The molecule has 0 saturated carbocycles. The van der Waals surface area contributed by atoms with Crippen LogP contribution in [0.4, 0.5) is 0 Å². The molecule has 0 saturated heterocycles. The number of carboxylic acids is 1. The van der Waals surface area contributed by atoms with E-state index >= 15 is 0 Å². The van der Waals surface area contributed by atoms with Gasteiger partial charge in [-0.25, -0.2) is 4.79 Å². The number of benzene rings is 1. The molecule has 7 heteroatoms. The maximum Gasteiger partial charge on any atom is 0.357 e. The van der Waals surface area contributed by atoms with E-state index in [1.54, 1.807) is 29.8 Å². The van der Waals surface area contributed by atoms with Gasteiger partial charge in [0.1, 0.15) is 6.54 Å². The van der Waals surface area contributed by atoms with E-state index in [1.165, 1.54) is 0 Å². The number of aromatic nitrogens is 4. The van der Waals surface area contributed by atoms with Gasteiger partial charge in [0.05, 0.1) is 5.52 Å². The number of carboxylic acid groups (broad SMARTS) is 1. The van der Waals surface area contributed by atoms with E-state index in [4.69, 9.17) is 9.63 Å². The maximum absolute atomic E-state index is 11.2. The van der Waals surface area contributed by atoms with Crippen molar-refractivity contribution in [1.29, 1.82) is 0 Å². The van der Waals surface area contributed by atoms with Crippen LogP contribution < -0.4 is 0 Å². The van der Waals surface area contributed by atoms with Crippen molar-refractivity contribution in [3.8, 4) is 0 Å². The zero-order valence-electron chi connectivity index (χ0n) is 10.1. The smallest absolute Gasteiger partial charge is 0.357 e. The van der Waals surface area contributed by atoms with Gasteiger partial charge >= 0.3 is 5.97 Å². The van der Waals surface area contributed by atoms with Crippen molar-refractivity contribution in [1.82, 2.24) is 19.9 Å². The summed E-state index contributed by atoms with van der Waals surface area (Å²) >= 11 is 0. The number of rotatable bonds is 3. The van der Waals surface area contributed by atoms with Gasteiger partial charge < -0.3 is 9.63 Å². The number of carbonyl (C=O) groups is 1. The Labute approximate surface area is 107 Å². The van der Waals surface area contributed by atoms with E-state index in [9.17, 15) is 4.79 Å². The second-order valence-corrected chi connectivity index (χ2v) is 4.06. The summed E-state index contributed by atoms with van der Waals surface area (Å²) < 4.78 is 6.56. The molecule has 0 bridgehead atoms. The van der Waals surface area contributed by atoms with Crippen LogP contribution in [-0.2, 0) is 6.54 Å². The fourth-order valence-electron chi connectivity index (χ4n) is 1.94. The van der Waals surface area contributed by atoms with Crippen molar-refractivity contribution in [2.45, 2.75) is 13.5 Å². The Hall–Kier alpha value is -2.70. The summed E-state index contributed by atoms with van der Waals surface area (Å²) in [6.45, 7) is 1.96. The molecule has 0 amide bonds. The Morgan fingerprint density at radius 2 is 2.21 bits per heavy atom. The summed E-state index contributed by atoms with van der Waals surface area (Å²) in [5, 5.41) is 17.5. The molecular weight excluding hydrogens is 248 g/mol. The molecule has 0 aliphatic rings. The van der Waals surface area contributed by atoms with Crippen LogP contribution in [0.1, 0.15) is 22.2 Å². The van der Waals surface area contributed by atoms with E-state index < -0.39 is 5.97 Å². The molecule has 3 aromatic rings. The first-order valence-corrected chi connectivity index (χ1v) is 5.63. The van der Waals surface area contributed by atoms with Gasteiger partial charge in [-0.2, -0.15) is 10.1 Å². The number of aromatic carboxylic acids is 1. The van der Waals surface area contributed by atoms with Crippen LogP contribution in [-0.4, -0.2) is 31.0 Å². The quantitative estimate of drug-likeness (QED) is 0.764. The Bertz CT molecular complexity index is 759. The van der Waals surface area contributed by atoms with Crippen LogP contribution in [0.3, 0.4) is 0 Å². The molecule has 0 aliphatic carbocycles. The fraction of sp³-hybridized carbons (Fsp3) is 0.167. The largest absolute Gasteiger partial charge is 0.476 e. The molecule has 0 radical (unpaired) electrons. The number of hydrogen-bond donors (Lipinski definition) is 1. The van der Waals surface area contributed by atoms with Gasteiger partial charge in [0.2, 0.25) is 5.89 Å². The summed E-state index contributed by atoms with van der Waals surface area (Å²) in [4.78, 5) is 15.2. The maximum atomic E-state index is 11.2. The van der Waals surface area contributed by atoms with E-state index in [2.05, 4.69) is 15.2 Å². The van der Waals surface area contributed by atoms with Crippen LogP contribution in [0.2, 0.25) is 0 Å². The van der Waals surface area contributed by atoms with Gasteiger partial charge in [0, 0.05) is 5.39 Å². The molecule has 0 fully saturated rings. The first kappa shape index (κ1) is 11.4. The highest BCUT2D eigenvalue weighted by molar-refractivity contribution is 6.01. The summed E-state index contributed by atoms with van der Waals surface area (Å²) in [5.41, 5.74) is 0.739. The van der Waals surface area contributed by atoms with Crippen LogP contribution in [0.5, 0.6) is 0 Å². The minimum absolute atomic E-state index is 0.0202. The third-order valence-corrected chi connectivity index (χ3v) is 2.72. The lowest BCUT2D eigenvalue weighted by Crippen LogP contribution is -2.04. The average molecular weight is 258 g/mol. The van der Waals surface area contributed by atoms with Gasteiger partial charge in [-0.3, -0.25) is 4.68 Å². The van der Waals surface area contributed by atoms with Crippen LogP contribution in [0.25, 0.3) is 10.9 Å². The van der Waals surface area contributed by atoms with Crippen LogP contribution in [0, 0.1) is 6.92 Å². The highest BCUT2D eigenvalue weighted by Gasteiger charge is 2.17. The summed E-state index contributed by atoms with van der Waals surface area (Å²) in [6.07, 6.45) is 0. The topological polar surface area (TPSA) is 94.0 Å². The highest BCUT2D eigenvalue weighted by Crippen LogP contribution is 2.19. The summed E-state index contributed by atoms with van der Waals surface area (Å²) in [5.74, 6) is -0.135. The van der Waals surface area contributed by atoms with Crippen molar-refractivity contribution in [3.05, 3.63) is 41.7 Å². The minimum Gasteiger partial charge on any atom is -0.476 e. The Morgan fingerprint density at radius 1 is 1.42 bits per heavy atom. The van der Waals surface area contributed by atoms with Crippen molar-refractivity contribution in [2.24, 2.45) is 0 Å². The van der Waals surface area contributed by atoms with Gasteiger partial charge in [0.15, 0.2) is 11.5 Å². The van der Waals surface area contributed by atoms with Crippen LogP contribution >= 0.6 is 0 Å². The molecular formula is C12H10N4O3. The lowest BCUT2D eigenvalue weighted by molar-refractivity contribution is 0.0691. The average Bonchev–Trinajstić information content (AvgIpc) is 2.95. The predicted octanol–water partition coefficient (Wildman–Crippen LogP) is 1.47. The van der Waals surface area contributed by atoms with Crippen molar-refractivity contribution in [2.75, 3.05) is 0 Å². The van der Waals surface area contributed by atoms with Crippen LogP contribution in [0.15, 0.2) is 28.8 Å². The Morgan fingerprint density at radius 3 is 2.89 bits per heavy atom. The molecule has 7 nitrogen and oxygen atoms in total. The molecule has 96 valence electrons. The second kappa shape index (κ2) is 4.20. The number of fused-ring (bicyclic) bond motifs is 1. The van der Waals surface area contributed by atoms with Gasteiger partial charge in [-0.05, 0) is 13.0 Å². The third-order valence-electron chi connectivity index (χ3n) is 2.72. The molecule has 0 aliphatic heterocycles. The lowest BCUT2D eigenvalue weighted by Gasteiger charge is -1.97. The number of aryl methyl sites for hydroxylation is 1. The first-order chi connectivity index (χ1) is 9.15. The Kier molecular flexibility index (Phi) is 2.52. The number of nitrogens with zero attached hydrogens (tertiary/aromatic N) is 4. The van der Waals surface area contributed by atoms with E-state index in [1.807, 2.05) is 6.07 Å². The molecule has 0 atom stereocenters. The lowest BCUT2D eigenvalue weighted by atomic mass is 10.2. The highest BCUT2D eigenvalue weighted by atomic mass is 16.5. The zero-order chi connectivity index (χ0) is 13.4. The SMILES string of the molecule is Cc1noc(Cn2nc(C(=O)O)c3ccccc32)n1. The molecule has 1 N–H and O–H groups in total. The number of hydrogen-bond acceptors (Lipinski definition) is 5. The molecule has 19 heavy (non-hydrogen) atoms. The van der Waals surface area contributed by atoms with Crippen molar-refractivity contribution >= 4 is 16.9 Å². The van der Waals surface area contributed by atoms with Gasteiger partial charge in [-0.15, -0.1) is 0 Å². The van der Waals surface area contributed by atoms with Gasteiger partial charge in [0.25, 0.3) is 0 Å². The first-order valence-electron chi connectivity index (χ1n) is 5.63. The second-order valence-electron chi connectivity index (χ2n) is 4.06. The normalized spacial score (nSPS) is 11.0. The standard InChI is InChI=1S/C12H10N4O3/c1-7-13-10(19-15-7)6-16-9-5-3-2-4-8(9)11(14-16)12(17)18/h2-5H,6H2,1H3,(H,17,18). The fourth-order valence-corrected chi connectivity index (χ4v) is 1.94. The molecule has 3 rings (SSSR count). The van der Waals surface area contributed by atoms with E-state index in [-0.39, 0.29) is 12.2 Å². The molecule has 0 unspecified atom stereocenters.